The van der Waals surface area contributed by atoms with Gasteiger partial charge in [0.1, 0.15) is 23.2 Å². The molecule has 142 valence electrons. The largest absolute Gasteiger partial charge is 0.462 e. The molecule has 27 heavy (non-hydrogen) atoms. The van der Waals surface area contributed by atoms with Crippen molar-refractivity contribution in [2.45, 2.75) is 25.9 Å². The third-order valence-corrected chi connectivity index (χ3v) is 3.87. The van der Waals surface area contributed by atoms with Crippen molar-refractivity contribution in [3.05, 3.63) is 52.3 Å². The topological polar surface area (TPSA) is 63.2 Å². The molecule has 2 aromatic rings. The molecule has 0 aliphatic rings. The summed E-state index contributed by atoms with van der Waals surface area (Å²) >= 11 is 5.98. The van der Waals surface area contributed by atoms with Gasteiger partial charge >= 0.3 is 12.1 Å². The molecule has 0 aliphatic heterocycles. The normalized spacial score (nSPS) is 11.9. The van der Waals surface area contributed by atoms with Crippen LogP contribution in [0.25, 0.3) is 17.4 Å². The van der Waals surface area contributed by atoms with Gasteiger partial charge < -0.3 is 9.15 Å². The first-order chi connectivity index (χ1) is 12.8. The summed E-state index contributed by atoms with van der Waals surface area (Å²) in [5, 5.41) is 9.18. The predicted octanol–water partition coefficient (Wildman–Crippen LogP) is 5.87. The monoisotopic (exact) mass is 397 g/mol. The highest BCUT2D eigenvalue weighted by atomic mass is 35.5. The Morgan fingerprint density at radius 1 is 1.33 bits per heavy atom. The Kier molecular flexibility index (Phi) is 6.70. The van der Waals surface area contributed by atoms with Crippen LogP contribution in [0.1, 0.15) is 31.1 Å². The minimum atomic E-state index is -4.52. The second kappa shape index (κ2) is 8.78. The fourth-order valence-corrected chi connectivity index (χ4v) is 2.34. The number of furan rings is 1. The second-order valence-electron chi connectivity index (χ2n) is 5.55. The Hall–Kier alpha value is -2.72. The van der Waals surface area contributed by atoms with Gasteiger partial charge in [-0.3, -0.25) is 0 Å². The van der Waals surface area contributed by atoms with Gasteiger partial charge in [0.05, 0.1) is 17.2 Å². The number of unbranched alkanes of at least 4 members (excludes halogenated alkanes) is 1. The smallest absolute Gasteiger partial charge is 0.416 e. The first-order valence-corrected chi connectivity index (χ1v) is 8.40. The predicted molar refractivity (Wildman–Crippen MR) is 93.6 cm³/mol. The van der Waals surface area contributed by atoms with Gasteiger partial charge in [0, 0.05) is 11.6 Å². The summed E-state index contributed by atoms with van der Waals surface area (Å²) in [4.78, 5) is 11.8. The molecule has 0 radical (unpaired) electrons. The van der Waals surface area contributed by atoms with Crippen molar-refractivity contribution in [2.24, 2.45) is 0 Å². The van der Waals surface area contributed by atoms with Gasteiger partial charge in [0.2, 0.25) is 0 Å². The highest BCUT2D eigenvalue weighted by molar-refractivity contribution is 6.33. The average Bonchev–Trinajstić information content (AvgIpc) is 3.07. The van der Waals surface area contributed by atoms with E-state index in [0.29, 0.717) is 6.42 Å². The zero-order chi connectivity index (χ0) is 20.0. The highest BCUT2D eigenvalue weighted by Gasteiger charge is 2.31. The Labute approximate surface area is 158 Å². The number of halogens is 4. The van der Waals surface area contributed by atoms with Crippen molar-refractivity contribution < 1.29 is 27.1 Å². The van der Waals surface area contributed by atoms with E-state index in [2.05, 4.69) is 0 Å². The van der Waals surface area contributed by atoms with Crippen LogP contribution >= 0.6 is 11.6 Å². The number of hydrogen-bond acceptors (Lipinski definition) is 4. The van der Waals surface area contributed by atoms with E-state index in [4.69, 9.17) is 26.0 Å². The van der Waals surface area contributed by atoms with Gasteiger partial charge in [0.15, 0.2) is 0 Å². The van der Waals surface area contributed by atoms with Gasteiger partial charge in [-0.25, -0.2) is 4.79 Å². The maximum Gasteiger partial charge on any atom is 0.416 e. The fourth-order valence-electron chi connectivity index (χ4n) is 2.13. The van der Waals surface area contributed by atoms with Gasteiger partial charge in [-0.15, -0.1) is 0 Å². The lowest BCUT2D eigenvalue weighted by Crippen LogP contribution is -2.07. The van der Waals surface area contributed by atoms with Gasteiger partial charge in [0.25, 0.3) is 0 Å². The maximum atomic E-state index is 12.9. The van der Waals surface area contributed by atoms with Gasteiger partial charge in [-0.05, 0) is 36.8 Å². The number of hydrogen-bond donors (Lipinski definition) is 0. The van der Waals surface area contributed by atoms with Gasteiger partial charge in [-0.2, -0.15) is 18.4 Å². The molecule has 0 amide bonds. The van der Waals surface area contributed by atoms with Crippen LogP contribution in [0, 0.1) is 11.3 Å². The number of nitriles is 1. The Morgan fingerprint density at radius 2 is 2.07 bits per heavy atom. The van der Waals surface area contributed by atoms with E-state index < -0.39 is 17.7 Å². The minimum absolute atomic E-state index is 0.0511. The molecule has 4 nitrogen and oxygen atoms in total. The van der Waals surface area contributed by atoms with Crippen LogP contribution in [0.2, 0.25) is 5.02 Å². The first kappa shape index (κ1) is 20.6. The van der Waals surface area contributed by atoms with E-state index >= 15 is 0 Å². The molecule has 0 spiro atoms. The number of nitrogens with zero attached hydrogens (tertiary/aromatic N) is 1. The Balaban J connectivity index is 2.28. The third-order valence-electron chi connectivity index (χ3n) is 3.54. The summed E-state index contributed by atoms with van der Waals surface area (Å²) in [6, 6.07) is 7.42. The van der Waals surface area contributed by atoms with Gasteiger partial charge in [-0.1, -0.05) is 24.9 Å². The molecule has 0 saturated carbocycles. The SMILES string of the molecule is CCCCOC(=O)C(C#N)=Cc1ccc(-c2cc(C(F)(F)F)ccc2Cl)o1. The van der Waals surface area contributed by atoms with E-state index in [1.54, 1.807) is 6.07 Å². The Bertz CT molecular complexity index is 894. The molecule has 0 fully saturated rings. The number of alkyl halides is 3. The van der Waals surface area contributed by atoms with Crippen LogP contribution in [0.4, 0.5) is 13.2 Å². The van der Waals surface area contributed by atoms with Crippen molar-refractivity contribution in [2.75, 3.05) is 6.61 Å². The quantitative estimate of drug-likeness (QED) is 0.265. The lowest BCUT2D eigenvalue weighted by atomic mass is 10.1. The molecule has 0 N–H and O–H groups in total. The molecule has 0 aliphatic carbocycles. The van der Waals surface area contributed by atoms with Crippen LogP contribution in [0.5, 0.6) is 0 Å². The van der Waals surface area contributed by atoms with Crippen LogP contribution in [-0.2, 0) is 15.7 Å². The van der Waals surface area contributed by atoms with E-state index in [-0.39, 0.29) is 34.3 Å². The van der Waals surface area contributed by atoms with E-state index in [0.717, 1.165) is 24.6 Å². The molecule has 0 atom stereocenters. The van der Waals surface area contributed by atoms with Crippen molar-refractivity contribution >= 4 is 23.6 Å². The molecule has 0 saturated heterocycles. The van der Waals surface area contributed by atoms with Crippen molar-refractivity contribution in [3.8, 4) is 17.4 Å². The summed E-state index contributed by atoms with van der Waals surface area (Å²) in [5.74, 6) is -0.600. The van der Waals surface area contributed by atoms with E-state index in [1.807, 2.05) is 6.92 Å². The first-order valence-electron chi connectivity index (χ1n) is 8.02. The summed E-state index contributed by atoms with van der Waals surface area (Å²) in [5.41, 5.74) is -1.09. The summed E-state index contributed by atoms with van der Waals surface area (Å²) in [7, 11) is 0. The van der Waals surface area contributed by atoms with E-state index in [9.17, 15) is 18.0 Å². The van der Waals surface area contributed by atoms with Crippen molar-refractivity contribution in [3.63, 3.8) is 0 Å². The minimum Gasteiger partial charge on any atom is -0.462 e. The van der Waals surface area contributed by atoms with Crippen molar-refractivity contribution in [1.29, 1.82) is 5.26 Å². The molecule has 0 bridgehead atoms. The highest BCUT2D eigenvalue weighted by Crippen LogP contribution is 2.36. The molecule has 8 heteroatoms. The number of benzene rings is 1. The molecule has 0 unspecified atom stereocenters. The number of esters is 1. The lowest BCUT2D eigenvalue weighted by molar-refractivity contribution is -0.139. The Morgan fingerprint density at radius 3 is 2.70 bits per heavy atom. The molecular weight excluding hydrogens is 383 g/mol. The van der Waals surface area contributed by atoms with Crippen LogP contribution in [0.3, 0.4) is 0 Å². The fraction of sp³-hybridized carbons (Fsp3) is 0.263. The average molecular weight is 398 g/mol. The molecule has 1 aromatic heterocycles. The van der Waals surface area contributed by atoms with E-state index in [1.165, 1.54) is 18.2 Å². The number of carbonyl (C=O) groups is 1. The summed E-state index contributed by atoms with van der Waals surface area (Å²) in [6.45, 7) is 2.12. The van der Waals surface area contributed by atoms with Crippen molar-refractivity contribution in [1.82, 2.24) is 0 Å². The lowest BCUT2D eigenvalue weighted by Gasteiger charge is -2.09. The molecule has 1 aromatic carbocycles. The van der Waals surface area contributed by atoms with Crippen LogP contribution < -0.4 is 0 Å². The number of carbonyl (C=O) groups excluding carboxylic acids is 1. The zero-order valence-electron chi connectivity index (χ0n) is 14.3. The van der Waals surface area contributed by atoms with Crippen LogP contribution in [0.15, 0.2) is 40.3 Å². The van der Waals surface area contributed by atoms with Crippen LogP contribution in [-0.4, -0.2) is 12.6 Å². The zero-order valence-corrected chi connectivity index (χ0v) is 15.0. The molecular formula is C19H15ClF3NO3. The second-order valence-corrected chi connectivity index (χ2v) is 5.96. The molecule has 1 heterocycles. The number of rotatable bonds is 6. The summed E-state index contributed by atoms with van der Waals surface area (Å²) < 4.78 is 49.0. The molecule has 2 rings (SSSR count). The third kappa shape index (κ3) is 5.38. The number of ether oxygens (including phenoxy) is 1. The standard InChI is InChI=1S/C19H15ClF3NO3/c1-2-3-8-26-18(25)12(11-24)9-14-5-7-17(27-14)15-10-13(19(21,22)23)4-6-16(15)20/h4-7,9-10H,2-3,8H2,1H3. The maximum absolute atomic E-state index is 12.9. The summed E-state index contributed by atoms with van der Waals surface area (Å²) in [6.07, 6.45) is -1.86.